The van der Waals surface area contributed by atoms with Crippen LogP contribution >= 0.6 is 0 Å². The fourth-order valence-electron chi connectivity index (χ4n) is 0.580. The monoisotopic (exact) mass is 181 g/mol. The molecule has 0 bridgehead atoms. The van der Waals surface area contributed by atoms with E-state index in [1.54, 1.807) is 18.5 Å². The van der Waals surface area contributed by atoms with Crippen molar-refractivity contribution in [2.45, 2.75) is 0 Å². The van der Waals surface area contributed by atoms with Gasteiger partial charge < -0.3 is 5.32 Å². The summed E-state index contributed by atoms with van der Waals surface area (Å²) in [5.74, 6) is -0.259. The van der Waals surface area contributed by atoms with E-state index in [1.807, 2.05) is 5.32 Å². The minimum Gasteiger partial charge on any atom is -0.329 e. The normalized spacial score (nSPS) is 13.8. The Balaban J connectivity index is 0.000000132. The first kappa shape index (κ1) is 9.04. The average Bonchev–Trinajstić information content (AvgIpc) is 2.54. The molecule has 3 amide bonds. The minimum atomic E-state index is -0.398. The van der Waals surface area contributed by atoms with Gasteiger partial charge in [-0.1, -0.05) is 0 Å². The van der Waals surface area contributed by atoms with E-state index in [-0.39, 0.29) is 12.5 Å². The molecule has 68 valence electrons. The summed E-state index contributed by atoms with van der Waals surface area (Å²) in [6.07, 6.45) is 3.15. The van der Waals surface area contributed by atoms with Gasteiger partial charge in [-0.3, -0.25) is 10.1 Å². The number of nitrogens with zero attached hydrogens (tertiary/aromatic N) is 3. The molecule has 1 aliphatic rings. The Morgan fingerprint density at radius 1 is 1.23 bits per heavy atom. The van der Waals surface area contributed by atoms with Gasteiger partial charge in [0.2, 0.25) is 5.91 Å². The van der Waals surface area contributed by atoms with Gasteiger partial charge in [0, 0.05) is 0 Å². The van der Waals surface area contributed by atoms with E-state index in [1.165, 1.54) is 0 Å². The second-order valence-electron chi connectivity index (χ2n) is 2.04. The first-order valence-electron chi connectivity index (χ1n) is 3.45. The molecule has 7 nitrogen and oxygen atoms in total. The molecule has 1 aromatic heterocycles. The van der Waals surface area contributed by atoms with Crippen LogP contribution in [0.4, 0.5) is 4.79 Å². The summed E-state index contributed by atoms with van der Waals surface area (Å²) in [4.78, 5) is 20.1. The number of hydrogen-bond acceptors (Lipinski definition) is 5. The SMILES string of the molecule is O=C1CNC(=O)N1.c1cnnnc1. The third-order valence-corrected chi connectivity index (χ3v) is 1.07. The van der Waals surface area contributed by atoms with E-state index >= 15 is 0 Å². The second kappa shape index (κ2) is 4.75. The van der Waals surface area contributed by atoms with E-state index in [2.05, 4.69) is 20.7 Å². The summed E-state index contributed by atoms with van der Waals surface area (Å²) in [7, 11) is 0. The fourth-order valence-corrected chi connectivity index (χ4v) is 0.580. The van der Waals surface area contributed by atoms with Crippen LogP contribution < -0.4 is 10.6 Å². The van der Waals surface area contributed by atoms with E-state index < -0.39 is 6.03 Å². The highest BCUT2D eigenvalue weighted by molar-refractivity contribution is 6.01. The van der Waals surface area contributed by atoms with Crippen molar-refractivity contribution in [3.63, 3.8) is 0 Å². The van der Waals surface area contributed by atoms with Crippen LogP contribution in [0.15, 0.2) is 18.5 Å². The Morgan fingerprint density at radius 3 is 2.08 bits per heavy atom. The van der Waals surface area contributed by atoms with Crippen molar-refractivity contribution in [2.75, 3.05) is 6.54 Å². The van der Waals surface area contributed by atoms with E-state index in [4.69, 9.17) is 0 Å². The summed E-state index contributed by atoms with van der Waals surface area (Å²) in [6, 6.07) is 1.32. The maximum atomic E-state index is 10.1. The van der Waals surface area contributed by atoms with Crippen LogP contribution in [0.1, 0.15) is 0 Å². The lowest BCUT2D eigenvalue weighted by molar-refractivity contribution is -0.117. The summed E-state index contributed by atoms with van der Waals surface area (Å²) in [5, 5.41) is 14.4. The highest BCUT2D eigenvalue weighted by atomic mass is 16.2. The molecule has 1 saturated heterocycles. The molecule has 2 rings (SSSR count). The van der Waals surface area contributed by atoms with E-state index in [0.29, 0.717) is 0 Å². The number of carbonyl (C=O) groups excluding carboxylic acids is 2. The number of imide groups is 1. The maximum Gasteiger partial charge on any atom is 0.321 e. The lowest BCUT2D eigenvalue weighted by atomic mass is 10.7. The fraction of sp³-hybridized carbons (Fsp3) is 0.167. The van der Waals surface area contributed by atoms with Crippen LogP contribution in [0.25, 0.3) is 0 Å². The molecule has 2 heterocycles. The summed E-state index contributed by atoms with van der Waals surface area (Å²) >= 11 is 0. The molecule has 0 spiro atoms. The number of urea groups is 1. The standard InChI is InChI=1S/C3H3N3.C3H4N2O2/c1-2-4-6-5-3-1;6-2-1-4-3(7)5-2/h1-3H;1H2,(H2,4,5,6,7). The minimum absolute atomic E-state index is 0.124. The number of amides is 3. The van der Waals surface area contributed by atoms with E-state index in [0.717, 1.165) is 0 Å². The van der Waals surface area contributed by atoms with Gasteiger partial charge in [0.25, 0.3) is 0 Å². The van der Waals surface area contributed by atoms with Crippen molar-refractivity contribution in [2.24, 2.45) is 0 Å². The lowest BCUT2D eigenvalue weighted by Crippen LogP contribution is -2.22. The summed E-state index contributed by atoms with van der Waals surface area (Å²) in [5.41, 5.74) is 0. The van der Waals surface area contributed by atoms with Gasteiger partial charge in [-0.05, 0) is 11.3 Å². The number of aromatic nitrogens is 3. The number of carbonyl (C=O) groups is 2. The van der Waals surface area contributed by atoms with Gasteiger partial charge in [-0.2, -0.15) is 0 Å². The number of nitrogens with one attached hydrogen (secondary N) is 2. The Kier molecular flexibility index (Phi) is 3.31. The van der Waals surface area contributed by atoms with E-state index in [9.17, 15) is 9.59 Å². The van der Waals surface area contributed by atoms with Crippen molar-refractivity contribution >= 4 is 11.9 Å². The maximum absolute atomic E-state index is 10.1. The van der Waals surface area contributed by atoms with Crippen molar-refractivity contribution in [3.8, 4) is 0 Å². The predicted molar refractivity (Wildman–Crippen MR) is 41.4 cm³/mol. The second-order valence-corrected chi connectivity index (χ2v) is 2.04. The molecule has 0 saturated carbocycles. The Bertz CT molecular complexity index is 248. The number of rotatable bonds is 0. The van der Waals surface area contributed by atoms with Gasteiger partial charge in [0.15, 0.2) is 0 Å². The quantitative estimate of drug-likeness (QED) is 0.485. The zero-order valence-corrected chi connectivity index (χ0v) is 6.60. The van der Waals surface area contributed by atoms with Crippen molar-refractivity contribution in [1.29, 1.82) is 0 Å². The van der Waals surface area contributed by atoms with Crippen LogP contribution in [0.3, 0.4) is 0 Å². The van der Waals surface area contributed by atoms with Crippen LogP contribution in [-0.2, 0) is 4.79 Å². The van der Waals surface area contributed by atoms with Crippen LogP contribution in [0.2, 0.25) is 0 Å². The summed E-state index contributed by atoms with van der Waals surface area (Å²) < 4.78 is 0. The molecule has 1 fully saturated rings. The molecule has 1 aliphatic heterocycles. The highest BCUT2D eigenvalue weighted by Crippen LogP contribution is 1.73. The molecule has 0 aliphatic carbocycles. The largest absolute Gasteiger partial charge is 0.329 e. The molecule has 0 unspecified atom stereocenters. The van der Waals surface area contributed by atoms with Gasteiger partial charge in [-0.15, -0.1) is 10.2 Å². The van der Waals surface area contributed by atoms with Crippen LogP contribution in [-0.4, -0.2) is 33.9 Å². The van der Waals surface area contributed by atoms with Crippen LogP contribution in [0.5, 0.6) is 0 Å². The average molecular weight is 181 g/mol. The first-order valence-corrected chi connectivity index (χ1v) is 3.45. The van der Waals surface area contributed by atoms with Gasteiger partial charge in [0.05, 0.1) is 18.9 Å². The number of hydrogen-bond donors (Lipinski definition) is 2. The summed E-state index contributed by atoms with van der Waals surface area (Å²) in [6.45, 7) is 0.124. The van der Waals surface area contributed by atoms with Crippen molar-refractivity contribution < 1.29 is 9.59 Å². The Labute approximate surface area is 73.5 Å². The molecular weight excluding hydrogens is 174 g/mol. The van der Waals surface area contributed by atoms with Gasteiger partial charge in [0.1, 0.15) is 0 Å². The Hall–Kier alpha value is -2.05. The molecule has 0 atom stereocenters. The lowest BCUT2D eigenvalue weighted by Gasteiger charge is -1.78. The van der Waals surface area contributed by atoms with Gasteiger partial charge in [-0.25, -0.2) is 4.79 Å². The third-order valence-electron chi connectivity index (χ3n) is 1.07. The smallest absolute Gasteiger partial charge is 0.321 e. The van der Waals surface area contributed by atoms with Crippen molar-refractivity contribution in [3.05, 3.63) is 18.5 Å². The van der Waals surface area contributed by atoms with Crippen molar-refractivity contribution in [1.82, 2.24) is 26.0 Å². The molecule has 7 heteroatoms. The molecule has 1 aromatic rings. The highest BCUT2D eigenvalue weighted by Gasteiger charge is 2.14. The topological polar surface area (TPSA) is 96.9 Å². The zero-order valence-electron chi connectivity index (χ0n) is 6.60. The molecule has 2 N–H and O–H groups in total. The molecule has 0 radical (unpaired) electrons. The van der Waals surface area contributed by atoms with Gasteiger partial charge >= 0.3 is 6.03 Å². The Morgan fingerprint density at radius 2 is 1.92 bits per heavy atom. The van der Waals surface area contributed by atoms with Crippen LogP contribution in [0, 0.1) is 0 Å². The predicted octanol–water partition coefficient (Wildman–Crippen LogP) is -1.30. The molecular formula is C6H7N5O2. The zero-order chi connectivity index (χ0) is 9.52. The molecule has 0 aromatic carbocycles. The molecule has 13 heavy (non-hydrogen) atoms. The third kappa shape index (κ3) is 3.75. The first-order chi connectivity index (χ1) is 6.29.